The Kier molecular flexibility index (Phi) is 4.42. The van der Waals surface area contributed by atoms with Gasteiger partial charge in [0.2, 0.25) is 5.91 Å². The van der Waals surface area contributed by atoms with Gasteiger partial charge in [0.1, 0.15) is 0 Å². The van der Waals surface area contributed by atoms with E-state index in [1.165, 1.54) is 0 Å². The van der Waals surface area contributed by atoms with Crippen LogP contribution in [0, 0.1) is 5.41 Å². The second-order valence-electron chi connectivity index (χ2n) is 5.21. The van der Waals surface area contributed by atoms with Crippen LogP contribution in [0.3, 0.4) is 0 Å². The molecule has 0 saturated carbocycles. The van der Waals surface area contributed by atoms with Gasteiger partial charge in [-0.2, -0.15) is 0 Å². The number of nitrogens with zero attached hydrogens (tertiary/aromatic N) is 3. The highest BCUT2D eigenvalue weighted by atomic mass is 32.1. The molecule has 2 heterocycles. The number of carbonyl (C=O) groups is 1. The molecule has 0 bridgehead atoms. The van der Waals surface area contributed by atoms with Crippen molar-refractivity contribution in [2.24, 2.45) is 11.1 Å². The second kappa shape index (κ2) is 5.88. The van der Waals surface area contributed by atoms with E-state index in [0.29, 0.717) is 6.54 Å². The maximum atomic E-state index is 12.5. The SMILES string of the molecule is CCC(C)(CN)C(=O)N1CCN(c2nccs2)CC1. The number of piperazine rings is 1. The van der Waals surface area contributed by atoms with E-state index >= 15 is 0 Å². The van der Waals surface area contributed by atoms with Crippen LogP contribution in [0.2, 0.25) is 0 Å². The smallest absolute Gasteiger partial charge is 0.229 e. The summed E-state index contributed by atoms with van der Waals surface area (Å²) in [6.07, 6.45) is 2.61. The minimum absolute atomic E-state index is 0.191. The van der Waals surface area contributed by atoms with Crippen LogP contribution in [0.1, 0.15) is 20.3 Å². The summed E-state index contributed by atoms with van der Waals surface area (Å²) in [7, 11) is 0. The summed E-state index contributed by atoms with van der Waals surface area (Å²) in [6.45, 7) is 7.61. The zero-order chi connectivity index (χ0) is 13.9. The maximum Gasteiger partial charge on any atom is 0.229 e. The zero-order valence-electron chi connectivity index (χ0n) is 11.6. The summed E-state index contributed by atoms with van der Waals surface area (Å²) < 4.78 is 0. The molecule has 1 atom stereocenters. The van der Waals surface area contributed by atoms with E-state index < -0.39 is 5.41 Å². The molecule has 1 fully saturated rings. The Bertz CT molecular complexity index is 408. The van der Waals surface area contributed by atoms with Crippen molar-refractivity contribution in [3.05, 3.63) is 11.6 Å². The number of anilines is 1. The van der Waals surface area contributed by atoms with Crippen molar-refractivity contribution < 1.29 is 4.79 Å². The molecule has 0 aliphatic carbocycles. The Morgan fingerprint density at radius 1 is 1.47 bits per heavy atom. The summed E-state index contributed by atoms with van der Waals surface area (Å²) in [6, 6.07) is 0. The van der Waals surface area contributed by atoms with Crippen molar-refractivity contribution in [3.63, 3.8) is 0 Å². The first-order valence-electron chi connectivity index (χ1n) is 6.74. The van der Waals surface area contributed by atoms with Crippen molar-refractivity contribution >= 4 is 22.4 Å². The van der Waals surface area contributed by atoms with Gasteiger partial charge in [0, 0.05) is 44.3 Å². The van der Waals surface area contributed by atoms with Crippen LogP contribution in [0.5, 0.6) is 0 Å². The monoisotopic (exact) mass is 282 g/mol. The standard InChI is InChI=1S/C13H22N4OS/c1-3-13(2,10-14)11(18)16-5-7-17(8-6-16)12-15-4-9-19-12/h4,9H,3,5-8,10,14H2,1-2H3. The third-order valence-electron chi connectivity index (χ3n) is 4.00. The normalized spacial score (nSPS) is 19.3. The van der Waals surface area contributed by atoms with E-state index in [1.807, 2.05) is 30.3 Å². The van der Waals surface area contributed by atoms with Gasteiger partial charge < -0.3 is 15.5 Å². The third kappa shape index (κ3) is 2.90. The van der Waals surface area contributed by atoms with E-state index in [1.54, 1.807) is 11.3 Å². The Morgan fingerprint density at radius 2 is 2.16 bits per heavy atom. The van der Waals surface area contributed by atoms with Crippen molar-refractivity contribution in [1.29, 1.82) is 0 Å². The molecule has 1 amide bonds. The molecule has 2 rings (SSSR count). The minimum atomic E-state index is -0.413. The fourth-order valence-electron chi connectivity index (χ4n) is 2.24. The quantitative estimate of drug-likeness (QED) is 0.900. The lowest BCUT2D eigenvalue weighted by Crippen LogP contribution is -2.54. The summed E-state index contributed by atoms with van der Waals surface area (Å²) >= 11 is 1.64. The first kappa shape index (κ1) is 14.3. The van der Waals surface area contributed by atoms with E-state index in [-0.39, 0.29) is 5.91 Å². The molecule has 1 aromatic rings. The van der Waals surface area contributed by atoms with Gasteiger partial charge >= 0.3 is 0 Å². The summed E-state index contributed by atoms with van der Waals surface area (Å²) in [5.74, 6) is 0.191. The van der Waals surface area contributed by atoms with Gasteiger partial charge in [0.25, 0.3) is 0 Å². The molecule has 19 heavy (non-hydrogen) atoms. The largest absolute Gasteiger partial charge is 0.345 e. The lowest BCUT2D eigenvalue weighted by atomic mass is 9.86. The van der Waals surface area contributed by atoms with Crippen LogP contribution >= 0.6 is 11.3 Å². The van der Waals surface area contributed by atoms with E-state index in [2.05, 4.69) is 9.88 Å². The van der Waals surface area contributed by atoms with Gasteiger partial charge in [-0.1, -0.05) is 6.92 Å². The Hall–Kier alpha value is -1.14. The Balaban J connectivity index is 1.95. The number of hydrogen-bond donors (Lipinski definition) is 1. The molecule has 1 saturated heterocycles. The number of carbonyl (C=O) groups excluding carboxylic acids is 1. The van der Waals surface area contributed by atoms with Crippen LogP contribution in [0.25, 0.3) is 0 Å². The van der Waals surface area contributed by atoms with Gasteiger partial charge in [-0.3, -0.25) is 4.79 Å². The summed E-state index contributed by atoms with van der Waals surface area (Å²) in [5.41, 5.74) is 5.35. The van der Waals surface area contributed by atoms with Gasteiger partial charge in [-0.05, 0) is 13.3 Å². The number of hydrogen-bond acceptors (Lipinski definition) is 5. The van der Waals surface area contributed by atoms with Crippen molar-refractivity contribution in [3.8, 4) is 0 Å². The average Bonchev–Trinajstić information content (AvgIpc) is 3.00. The summed E-state index contributed by atoms with van der Waals surface area (Å²) in [4.78, 5) is 21.0. The third-order valence-corrected chi connectivity index (χ3v) is 4.84. The van der Waals surface area contributed by atoms with Gasteiger partial charge in [-0.15, -0.1) is 11.3 Å². The molecular weight excluding hydrogens is 260 g/mol. The molecule has 1 aromatic heterocycles. The lowest BCUT2D eigenvalue weighted by molar-refractivity contribution is -0.141. The molecular formula is C13H22N4OS. The fourth-order valence-corrected chi connectivity index (χ4v) is 2.93. The minimum Gasteiger partial charge on any atom is -0.345 e. The number of aromatic nitrogens is 1. The van der Waals surface area contributed by atoms with Gasteiger partial charge in [-0.25, -0.2) is 4.98 Å². The van der Waals surface area contributed by atoms with Gasteiger partial charge in [0.05, 0.1) is 5.41 Å². The van der Waals surface area contributed by atoms with Gasteiger partial charge in [0.15, 0.2) is 5.13 Å². The molecule has 6 heteroatoms. The van der Waals surface area contributed by atoms with Crippen LogP contribution < -0.4 is 10.6 Å². The van der Waals surface area contributed by atoms with Crippen molar-refractivity contribution in [2.45, 2.75) is 20.3 Å². The maximum absolute atomic E-state index is 12.5. The Morgan fingerprint density at radius 3 is 2.63 bits per heavy atom. The fraction of sp³-hybridized carbons (Fsp3) is 0.692. The average molecular weight is 282 g/mol. The number of thiazole rings is 1. The zero-order valence-corrected chi connectivity index (χ0v) is 12.4. The molecule has 2 N–H and O–H groups in total. The Labute approximate surface area is 118 Å². The highest BCUT2D eigenvalue weighted by molar-refractivity contribution is 7.13. The summed E-state index contributed by atoms with van der Waals surface area (Å²) in [5, 5.41) is 3.03. The highest BCUT2D eigenvalue weighted by Crippen LogP contribution is 2.25. The number of nitrogens with two attached hydrogens (primary N) is 1. The molecule has 1 aliphatic heterocycles. The van der Waals surface area contributed by atoms with Crippen LogP contribution in [-0.4, -0.2) is 48.5 Å². The molecule has 0 radical (unpaired) electrons. The van der Waals surface area contributed by atoms with Crippen LogP contribution in [0.15, 0.2) is 11.6 Å². The van der Waals surface area contributed by atoms with E-state index in [0.717, 1.165) is 37.7 Å². The predicted octanol–water partition coefficient (Wildman–Crippen LogP) is 1.17. The first-order valence-corrected chi connectivity index (χ1v) is 7.62. The molecule has 1 aliphatic rings. The number of amides is 1. The van der Waals surface area contributed by atoms with Crippen molar-refractivity contribution in [1.82, 2.24) is 9.88 Å². The lowest BCUT2D eigenvalue weighted by Gasteiger charge is -2.39. The van der Waals surface area contributed by atoms with E-state index in [9.17, 15) is 4.79 Å². The van der Waals surface area contributed by atoms with Crippen molar-refractivity contribution in [2.75, 3.05) is 37.6 Å². The molecule has 5 nitrogen and oxygen atoms in total. The predicted molar refractivity (Wildman–Crippen MR) is 78.4 cm³/mol. The highest BCUT2D eigenvalue weighted by Gasteiger charge is 2.35. The van der Waals surface area contributed by atoms with Crippen LogP contribution in [0.4, 0.5) is 5.13 Å². The number of rotatable bonds is 4. The molecule has 1 unspecified atom stereocenters. The van der Waals surface area contributed by atoms with Crippen LogP contribution in [-0.2, 0) is 4.79 Å². The molecule has 0 spiro atoms. The second-order valence-corrected chi connectivity index (χ2v) is 6.09. The topological polar surface area (TPSA) is 62.5 Å². The molecule has 0 aromatic carbocycles. The first-order chi connectivity index (χ1) is 9.10. The van der Waals surface area contributed by atoms with E-state index in [4.69, 9.17) is 5.73 Å². The molecule has 106 valence electrons.